The van der Waals surface area contributed by atoms with Crippen LogP contribution in [0.25, 0.3) is 0 Å². The highest BCUT2D eigenvalue weighted by atomic mass is 35.5. The van der Waals surface area contributed by atoms with Gasteiger partial charge in [-0.05, 0) is 49.7 Å². The molecule has 1 aromatic carbocycles. The fraction of sp³-hybridized carbons (Fsp3) is 0.214. The Morgan fingerprint density at radius 3 is 2.67 bits per heavy atom. The Balaban J connectivity index is 1.99. The van der Waals surface area contributed by atoms with Gasteiger partial charge in [-0.15, -0.1) is 11.3 Å². The summed E-state index contributed by atoms with van der Waals surface area (Å²) in [5.41, 5.74) is 0.939. The zero-order chi connectivity index (χ0) is 13.1. The summed E-state index contributed by atoms with van der Waals surface area (Å²) >= 11 is 7.41. The largest absolute Gasteiger partial charge is 0.485 e. The maximum absolute atomic E-state index is 11.8. The number of Topliss-reactive ketones (excluding diaryl/α,β-unsaturated/α-hetero) is 1. The van der Waals surface area contributed by atoms with Crippen molar-refractivity contribution < 1.29 is 9.53 Å². The summed E-state index contributed by atoms with van der Waals surface area (Å²) in [7, 11) is 0. The second-order valence-electron chi connectivity index (χ2n) is 4.03. The Hall–Kier alpha value is -1.32. The fourth-order valence-corrected chi connectivity index (χ4v) is 2.42. The lowest BCUT2D eigenvalue weighted by molar-refractivity contribution is 0.0925. The first-order chi connectivity index (χ1) is 8.56. The maximum atomic E-state index is 11.8. The number of thiophene rings is 1. The van der Waals surface area contributed by atoms with E-state index in [2.05, 4.69) is 0 Å². The molecule has 18 heavy (non-hydrogen) atoms. The van der Waals surface area contributed by atoms with Crippen LogP contribution < -0.4 is 4.74 Å². The first-order valence-corrected chi connectivity index (χ1v) is 6.74. The molecule has 2 aromatic rings. The molecule has 0 spiro atoms. The number of aryl methyl sites for hydroxylation is 2. The lowest BCUT2D eigenvalue weighted by atomic mass is 10.2. The van der Waals surface area contributed by atoms with Crippen molar-refractivity contribution in [2.24, 2.45) is 0 Å². The van der Waals surface area contributed by atoms with E-state index in [4.69, 9.17) is 16.3 Å². The summed E-state index contributed by atoms with van der Waals surface area (Å²) in [6.07, 6.45) is 0. The highest BCUT2D eigenvalue weighted by Gasteiger charge is 2.09. The molecular formula is C14H13ClO2S. The van der Waals surface area contributed by atoms with Crippen molar-refractivity contribution >= 4 is 28.7 Å². The lowest BCUT2D eigenvalue weighted by Crippen LogP contribution is -2.10. The van der Waals surface area contributed by atoms with Gasteiger partial charge in [0.05, 0.1) is 4.88 Å². The van der Waals surface area contributed by atoms with Gasteiger partial charge < -0.3 is 4.74 Å². The van der Waals surface area contributed by atoms with Crippen LogP contribution in [0.2, 0.25) is 5.02 Å². The molecule has 0 unspecified atom stereocenters. The Bertz CT molecular complexity index is 575. The van der Waals surface area contributed by atoms with Gasteiger partial charge in [0, 0.05) is 9.90 Å². The summed E-state index contributed by atoms with van der Waals surface area (Å²) in [4.78, 5) is 13.7. The molecule has 4 heteroatoms. The van der Waals surface area contributed by atoms with E-state index in [1.54, 1.807) is 12.1 Å². The van der Waals surface area contributed by atoms with E-state index in [0.717, 1.165) is 15.3 Å². The summed E-state index contributed by atoms with van der Waals surface area (Å²) in [6, 6.07) is 9.13. The van der Waals surface area contributed by atoms with Crippen LogP contribution in [-0.2, 0) is 0 Å². The van der Waals surface area contributed by atoms with Crippen molar-refractivity contribution in [3.63, 3.8) is 0 Å². The standard InChI is InChI=1S/C14H13ClO2S/c1-9-7-11(4-5-12(9)15)17-8-13(16)14-6-3-10(2)18-14/h3-7H,8H2,1-2H3. The Morgan fingerprint density at radius 2 is 2.06 bits per heavy atom. The zero-order valence-corrected chi connectivity index (χ0v) is 11.8. The van der Waals surface area contributed by atoms with Crippen LogP contribution >= 0.6 is 22.9 Å². The van der Waals surface area contributed by atoms with Gasteiger partial charge in [-0.1, -0.05) is 11.6 Å². The van der Waals surface area contributed by atoms with Gasteiger partial charge in [-0.25, -0.2) is 0 Å². The third-order valence-electron chi connectivity index (χ3n) is 2.51. The van der Waals surface area contributed by atoms with E-state index in [1.165, 1.54) is 11.3 Å². The molecule has 0 aliphatic rings. The van der Waals surface area contributed by atoms with Crippen molar-refractivity contribution in [2.75, 3.05) is 6.61 Å². The number of benzene rings is 1. The van der Waals surface area contributed by atoms with Gasteiger partial charge in [-0.2, -0.15) is 0 Å². The minimum Gasteiger partial charge on any atom is -0.485 e. The number of hydrogen-bond donors (Lipinski definition) is 0. The lowest BCUT2D eigenvalue weighted by Gasteiger charge is -2.06. The number of carbonyl (C=O) groups excluding carboxylic acids is 1. The predicted molar refractivity (Wildman–Crippen MR) is 75.1 cm³/mol. The predicted octanol–water partition coefficient (Wildman–Crippen LogP) is 4.28. The maximum Gasteiger partial charge on any atom is 0.210 e. The molecule has 1 heterocycles. The number of ether oxygens (including phenoxy) is 1. The minimum atomic E-state index is 0.000651. The second kappa shape index (κ2) is 5.55. The van der Waals surface area contributed by atoms with E-state index >= 15 is 0 Å². The summed E-state index contributed by atoms with van der Waals surface area (Å²) in [5, 5.41) is 0.697. The molecule has 2 rings (SSSR count). The monoisotopic (exact) mass is 280 g/mol. The Morgan fingerprint density at radius 1 is 1.28 bits per heavy atom. The van der Waals surface area contributed by atoms with Crippen molar-refractivity contribution in [2.45, 2.75) is 13.8 Å². The number of halogens is 1. The Labute approximate surface area is 115 Å². The highest BCUT2D eigenvalue weighted by Crippen LogP contribution is 2.21. The van der Waals surface area contributed by atoms with Crippen LogP contribution in [-0.4, -0.2) is 12.4 Å². The average molecular weight is 281 g/mol. The quantitative estimate of drug-likeness (QED) is 0.782. The molecule has 0 aliphatic carbocycles. The van der Waals surface area contributed by atoms with Gasteiger partial charge in [0.15, 0.2) is 6.61 Å². The van der Waals surface area contributed by atoms with Crippen LogP contribution in [0, 0.1) is 13.8 Å². The summed E-state index contributed by atoms with van der Waals surface area (Å²) in [5.74, 6) is 0.666. The number of rotatable bonds is 4. The van der Waals surface area contributed by atoms with Crippen LogP contribution in [0.3, 0.4) is 0 Å². The third kappa shape index (κ3) is 3.12. The molecule has 0 amide bonds. The molecule has 94 valence electrons. The smallest absolute Gasteiger partial charge is 0.210 e. The number of carbonyl (C=O) groups is 1. The molecule has 1 aromatic heterocycles. The van der Waals surface area contributed by atoms with E-state index in [0.29, 0.717) is 10.8 Å². The molecule has 0 radical (unpaired) electrons. The first-order valence-electron chi connectivity index (χ1n) is 5.55. The zero-order valence-electron chi connectivity index (χ0n) is 10.2. The van der Waals surface area contributed by atoms with E-state index in [1.807, 2.05) is 32.0 Å². The van der Waals surface area contributed by atoms with Crippen LogP contribution in [0.15, 0.2) is 30.3 Å². The molecule has 0 N–H and O–H groups in total. The summed E-state index contributed by atoms with van der Waals surface area (Å²) in [6.45, 7) is 3.94. The van der Waals surface area contributed by atoms with Crippen molar-refractivity contribution in [3.05, 3.63) is 50.7 Å². The molecule has 0 atom stereocenters. The number of hydrogen-bond acceptors (Lipinski definition) is 3. The number of ketones is 1. The van der Waals surface area contributed by atoms with Gasteiger partial charge in [0.2, 0.25) is 5.78 Å². The van der Waals surface area contributed by atoms with Crippen molar-refractivity contribution in [3.8, 4) is 5.75 Å². The molecule has 0 fully saturated rings. The average Bonchev–Trinajstić information content (AvgIpc) is 2.77. The molecular weight excluding hydrogens is 268 g/mol. The topological polar surface area (TPSA) is 26.3 Å². The van der Waals surface area contributed by atoms with Gasteiger partial charge >= 0.3 is 0 Å². The molecule has 0 bridgehead atoms. The van der Waals surface area contributed by atoms with Gasteiger partial charge in [-0.3, -0.25) is 4.79 Å². The first kappa shape index (κ1) is 13.1. The molecule has 2 nitrogen and oxygen atoms in total. The van der Waals surface area contributed by atoms with Gasteiger partial charge in [0.1, 0.15) is 5.75 Å². The minimum absolute atomic E-state index is 0.000651. The van der Waals surface area contributed by atoms with Crippen LogP contribution in [0.1, 0.15) is 20.1 Å². The van der Waals surface area contributed by atoms with E-state index < -0.39 is 0 Å². The molecule has 0 aliphatic heterocycles. The van der Waals surface area contributed by atoms with E-state index in [-0.39, 0.29) is 12.4 Å². The normalized spacial score (nSPS) is 10.4. The third-order valence-corrected chi connectivity index (χ3v) is 3.98. The highest BCUT2D eigenvalue weighted by molar-refractivity contribution is 7.14. The second-order valence-corrected chi connectivity index (χ2v) is 5.73. The fourth-order valence-electron chi connectivity index (χ4n) is 1.51. The van der Waals surface area contributed by atoms with E-state index in [9.17, 15) is 4.79 Å². The van der Waals surface area contributed by atoms with Gasteiger partial charge in [0.25, 0.3) is 0 Å². The van der Waals surface area contributed by atoms with Crippen molar-refractivity contribution in [1.29, 1.82) is 0 Å². The van der Waals surface area contributed by atoms with Crippen molar-refractivity contribution in [1.82, 2.24) is 0 Å². The Kier molecular flexibility index (Phi) is 4.04. The summed E-state index contributed by atoms with van der Waals surface area (Å²) < 4.78 is 5.47. The van der Waals surface area contributed by atoms with Crippen LogP contribution in [0.4, 0.5) is 0 Å². The molecule has 0 saturated heterocycles. The van der Waals surface area contributed by atoms with Crippen LogP contribution in [0.5, 0.6) is 5.75 Å². The molecule has 0 saturated carbocycles. The SMILES string of the molecule is Cc1ccc(C(=O)COc2ccc(Cl)c(C)c2)s1.